The first kappa shape index (κ1) is 15.0. The molecule has 0 aliphatic carbocycles. The van der Waals surface area contributed by atoms with Gasteiger partial charge in [-0.15, -0.1) is 0 Å². The Balaban J connectivity index is 1.87. The first-order chi connectivity index (χ1) is 10.7. The van der Waals surface area contributed by atoms with Gasteiger partial charge >= 0.3 is 0 Å². The summed E-state index contributed by atoms with van der Waals surface area (Å²) in [6.07, 6.45) is 0. The summed E-state index contributed by atoms with van der Waals surface area (Å²) in [5.74, 6) is 0.704. The molecule has 1 fully saturated rings. The molecule has 0 saturated carbocycles. The van der Waals surface area contributed by atoms with Crippen molar-refractivity contribution in [3.8, 4) is 17.5 Å². The van der Waals surface area contributed by atoms with Crippen LogP contribution in [-0.4, -0.2) is 53.0 Å². The van der Waals surface area contributed by atoms with Gasteiger partial charge in [-0.25, -0.2) is 4.98 Å². The Kier molecular flexibility index (Phi) is 4.44. The van der Waals surface area contributed by atoms with Gasteiger partial charge in [-0.1, -0.05) is 41.9 Å². The molecular formula is C16H18ClN5. The van der Waals surface area contributed by atoms with Gasteiger partial charge in [0.1, 0.15) is 11.9 Å². The van der Waals surface area contributed by atoms with E-state index in [0.717, 1.165) is 31.7 Å². The number of nitrogens with zero attached hydrogens (tertiary/aromatic N) is 4. The van der Waals surface area contributed by atoms with Crippen LogP contribution in [0, 0.1) is 11.3 Å². The summed E-state index contributed by atoms with van der Waals surface area (Å²) in [6, 6.07) is 11.8. The number of nitriles is 1. The molecule has 1 N–H and O–H groups in total. The normalized spacial score (nSPS) is 18.0. The maximum absolute atomic E-state index is 9.59. The molecule has 5 nitrogen and oxygen atoms in total. The number of aromatic amines is 1. The minimum absolute atomic E-state index is 0.379. The quantitative estimate of drug-likeness (QED) is 0.945. The highest BCUT2D eigenvalue weighted by atomic mass is 35.5. The lowest BCUT2D eigenvalue weighted by atomic mass is 10.2. The number of imidazole rings is 1. The van der Waals surface area contributed by atoms with Gasteiger partial charge in [0.15, 0.2) is 5.15 Å². The zero-order chi connectivity index (χ0) is 15.5. The van der Waals surface area contributed by atoms with E-state index in [1.165, 1.54) is 0 Å². The summed E-state index contributed by atoms with van der Waals surface area (Å²) in [5, 5.41) is 9.97. The van der Waals surface area contributed by atoms with Gasteiger partial charge in [0.25, 0.3) is 0 Å². The maximum Gasteiger partial charge on any atom is 0.153 e. The smallest absolute Gasteiger partial charge is 0.153 e. The Hall–Kier alpha value is -1.87. The van der Waals surface area contributed by atoms with Gasteiger partial charge < -0.3 is 9.88 Å². The first-order valence-electron chi connectivity index (χ1n) is 7.32. The fraction of sp³-hybridized carbons (Fsp3) is 0.375. The largest absolute Gasteiger partial charge is 0.338 e. The molecule has 0 amide bonds. The molecule has 2 aromatic rings. The van der Waals surface area contributed by atoms with E-state index in [1.807, 2.05) is 30.3 Å². The van der Waals surface area contributed by atoms with Gasteiger partial charge in [0.05, 0.1) is 11.8 Å². The lowest BCUT2D eigenvalue weighted by molar-refractivity contribution is 0.131. The van der Waals surface area contributed by atoms with Gasteiger partial charge in [0.2, 0.25) is 0 Å². The maximum atomic E-state index is 9.59. The van der Waals surface area contributed by atoms with E-state index in [0.29, 0.717) is 16.7 Å². The van der Waals surface area contributed by atoms with E-state index in [9.17, 15) is 5.26 Å². The van der Waals surface area contributed by atoms with E-state index in [4.69, 9.17) is 11.6 Å². The Morgan fingerprint density at radius 3 is 2.55 bits per heavy atom. The Morgan fingerprint density at radius 1 is 1.23 bits per heavy atom. The molecule has 1 aliphatic heterocycles. The summed E-state index contributed by atoms with van der Waals surface area (Å²) < 4.78 is 0. The molecule has 22 heavy (non-hydrogen) atoms. The second-order valence-corrected chi connectivity index (χ2v) is 5.88. The highest BCUT2D eigenvalue weighted by Crippen LogP contribution is 2.29. The topological polar surface area (TPSA) is 59.0 Å². The number of nitrogens with one attached hydrogen (secondary N) is 1. The zero-order valence-corrected chi connectivity index (χ0v) is 13.2. The van der Waals surface area contributed by atoms with Crippen molar-refractivity contribution in [1.82, 2.24) is 19.8 Å². The third-order valence-corrected chi connectivity index (χ3v) is 4.32. The van der Waals surface area contributed by atoms with E-state index in [-0.39, 0.29) is 6.04 Å². The zero-order valence-electron chi connectivity index (χ0n) is 12.5. The molecule has 1 aromatic carbocycles. The molecule has 1 aliphatic rings. The van der Waals surface area contributed by atoms with Crippen molar-refractivity contribution in [3.63, 3.8) is 0 Å². The van der Waals surface area contributed by atoms with Crippen molar-refractivity contribution in [3.05, 3.63) is 41.2 Å². The average molecular weight is 316 g/mol. The molecular weight excluding hydrogens is 298 g/mol. The lowest BCUT2D eigenvalue weighted by Gasteiger charge is -2.34. The molecule has 1 aromatic heterocycles. The number of likely N-dealkylation sites (N-methyl/N-ethyl adjacent to an activating group) is 1. The Labute approximate surface area is 135 Å². The number of rotatable bonds is 3. The van der Waals surface area contributed by atoms with Crippen molar-refractivity contribution in [2.45, 2.75) is 6.04 Å². The molecule has 1 saturated heterocycles. The van der Waals surface area contributed by atoms with Crippen LogP contribution in [-0.2, 0) is 0 Å². The standard InChI is InChI=1S/C16H18ClN5/c1-21-7-9-22(10-8-21)13(11-18)14-15(17)20-16(19-14)12-5-3-2-4-6-12/h2-6,13H,7-10H2,1H3,(H,19,20). The highest BCUT2D eigenvalue weighted by molar-refractivity contribution is 6.30. The van der Waals surface area contributed by atoms with Gasteiger partial charge in [-0.2, -0.15) is 5.26 Å². The average Bonchev–Trinajstić information content (AvgIpc) is 2.93. The second-order valence-electron chi connectivity index (χ2n) is 5.53. The summed E-state index contributed by atoms with van der Waals surface area (Å²) in [7, 11) is 2.09. The summed E-state index contributed by atoms with van der Waals surface area (Å²) in [6.45, 7) is 3.61. The van der Waals surface area contributed by atoms with Crippen LogP contribution in [0.5, 0.6) is 0 Å². The van der Waals surface area contributed by atoms with Crippen LogP contribution < -0.4 is 0 Å². The van der Waals surface area contributed by atoms with Crippen LogP contribution in [0.25, 0.3) is 11.4 Å². The van der Waals surface area contributed by atoms with Crippen LogP contribution in [0.4, 0.5) is 0 Å². The van der Waals surface area contributed by atoms with Crippen molar-refractivity contribution >= 4 is 11.6 Å². The summed E-state index contributed by atoms with van der Waals surface area (Å²) in [5.41, 5.74) is 1.65. The minimum atomic E-state index is -0.383. The van der Waals surface area contributed by atoms with Crippen molar-refractivity contribution in [2.24, 2.45) is 0 Å². The molecule has 6 heteroatoms. The van der Waals surface area contributed by atoms with E-state index in [2.05, 4.69) is 32.9 Å². The molecule has 1 unspecified atom stereocenters. The Bertz CT molecular complexity index is 668. The third kappa shape index (κ3) is 3.00. The highest BCUT2D eigenvalue weighted by Gasteiger charge is 2.27. The number of benzene rings is 1. The number of piperazine rings is 1. The number of hydrogen-bond acceptors (Lipinski definition) is 4. The van der Waals surface area contributed by atoms with Crippen LogP contribution in [0.2, 0.25) is 5.15 Å². The van der Waals surface area contributed by atoms with Gasteiger partial charge in [-0.05, 0) is 7.05 Å². The molecule has 0 bridgehead atoms. The van der Waals surface area contributed by atoms with E-state index in [1.54, 1.807) is 0 Å². The number of H-pyrrole nitrogens is 1. The van der Waals surface area contributed by atoms with Crippen molar-refractivity contribution < 1.29 is 0 Å². The molecule has 0 radical (unpaired) electrons. The Morgan fingerprint density at radius 2 is 1.91 bits per heavy atom. The van der Waals surface area contributed by atoms with E-state index >= 15 is 0 Å². The van der Waals surface area contributed by atoms with Crippen LogP contribution in [0.15, 0.2) is 30.3 Å². The summed E-state index contributed by atoms with van der Waals surface area (Å²) >= 11 is 6.29. The monoisotopic (exact) mass is 315 g/mol. The molecule has 0 spiro atoms. The fourth-order valence-corrected chi connectivity index (χ4v) is 2.92. The first-order valence-corrected chi connectivity index (χ1v) is 7.70. The predicted octanol–water partition coefficient (Wildman–Crippen LogP) is 2.54. The van der Waals surface area contributed by atoms with Crippen LogP contribution >= 0.6 is 11.6 Å². The van der Waals surface area contributed by atoms with Gasteiger partial charge in [-0.3, -0.25) is 4.90 Å². The third-order valence-electron chi connectivity index (χ3n) is 4.03. The SMILES string of the molecule is CN1CCN(C(C#N)c2[nH]c(-c3ccccc3)nc2Cl)CC1. The summed E-state index contributed by atoms with van der Waals surface area (Å²) in [4.78, 5) is 12.0. The number of halogens is 1. The number of aromatic nitrogens is 2. The molecule has 114 valence electrons. The fourth-order valence-electron chi connectivity index (χ4n) is 2.69. The van der Waals surface area contributed by atoms with Gasteiger partial charge in [0, 0.05) is 31.7 Å². The van der Waals surface area contributed by atoms with Crippen molar-refractivity contribution in [2.75, 3.05) is 33.2 Å². The second kappa shape index (κ2) is 6.49. The molecule has 1 atom stereocenters. The number of hydrogen-bond donors (Lipinski definition) is 1. The molecule has 3 rings (SSSR count). The lowest BCUT2D eigenvalue weighted by Crippen LogP contribution is -2.45. The minimum Gasteiger partial charge on any atom is -0.338 e. The van der Waals surface area contributed by atoms with E-state index < -0.39 is 0 Å². The van der Waals surface area contributed by atoms with Crippen LogP contribution in [0.1, 0.15) is 11.7 Å². The van der Waals surface area contributed by atoms with Crippen molar-refractivity contribution in [1.29, 1.82) is 5.26 Å². The predicted molar refractivity (Wildman–Crippen MR) is 86.5 cm³/mol. The molecule has 2 heterocycles. The van der Waals surface area contributed by atoms with Crippen LogP contribution in [0.3, 0.4) is 0 Å².